The lowest BCUT2D eigenvalue weighted by Crippen LogP contribution is -2.51. The Bertz CT molecular complexity index is 271. The number of carbonyl (C=O) groups excluding carboxylic acids is 1. The highest BCUT2D eigenvalue weighted by Gasteiger charge is 2.27. The third-order valence-electron chi connectivity index (χ3n) is 3.55. The number of piperidine rings is 1. The van der Waals surface area contributed by atoms with Crippen LogP contribution < -0.4 is 5.32 Å². The molecule has 112 valence electrons. The van der Waals surface area contributed by atoms with Crippen LogP contribution in [-0.2, 0) is 9.53 Å². The lowest BCUT2D eigenvalue weighted by atomic mass is 9.91. The van der Waals surface area contributed by atoms with Crippen LogP contribution in [0.25, 0.3) is 0 Å². The molecule has 1 fully saturated rings. The molecule has 0 spiro atoms. The van der Waals surface area contributed by atoms with Crippen LogP contribution in [0.5, 0.6) is 0 Å². The topological polar surface area (TPSA) is 61.8 Å². The molecule has 0 aromatic heterocycles. The first kappa shape index (κ1) is 16.4. The molecule has 19 heavy (non-hydrogen) atoms. The number of rotatable bonds is 7. The predicted octanol–water partition coefficient (Wildman–Crippen LogP) is 0.478. The van der Waals surface area contributed by atoms with Crippen LogP contribution in [-0.4, -0.2) is 61.9 Å². The van der Waals surface area contributed by atoms with Gasteiger partial charge in [0.2, 0.25) is 0 Å². The van der Waals surface area contributed by atoms with Gasteiger partial charge in [0.1, 0.15) is 0 Å². The van der Waals surface area contributed by atoms with Crippen molar-refractivity contribution >= 4 is 5.97 Å². The molecule has 1 heterocycles. The summed E-state index contributed by atoms with van der Waals surface area (Å²) >= 11 is 0. The number of esters is 1. The lowest BCUT2D eigenvalue weighted by molar-refractivity contribution is -0.142. The van der Waals surface area contributed by atoms with Gasteiger partial charge in [-0.15, -0.1) is 0 Å². The van der Waals surface area contributed by atoms with Crippen LogP contribution in [0.15, 0.2) is 0 Å². The average molecular weight is 272 g/mol. The summed E-state index contributed by atoms with van der Waals surface area (Å²) in [6, 6.07) is 0.400. The van der Waals surface area contributed by atoms with Gasteiger partial charge in [0.15, 0.2) is 0 Å². The molecule has 5 heteroatoms. The Labute approximate surface area is 116 Å². The fraction of sp³-hybridized carbons (Fsp3) is 0.929. The Kier molecular flexibility index (Phi) is 7.34. The fourth-order valence-corrected chi connectivity index (χ4v) is 2.62. The summed E-state index contributed by atoms with van der Waals surface area (Å²) in [5.74, 6) is 0.882. The molecule has 2 unspecified atom stereocenters. The SMILES string of the molecule is COC(=O)CN1CC(CCO)CC(NCC(C)C)C1. The Morgan fingerprint density at radius 3 is 2.79 bits per heavy atom. The first-order valence-corrected chi connectivity index (χ1v) is 7.18. The zero-order valence-electron chi connectivity index (χ0n) is 12.4. The van der Waals surface area contributed by atoms with Gasteiger partial charge in [-0.05, 0) is 31.2 Å². The molecule has 1 aliphatic heterocycles. The summed E-state index contributed by atoms with van der Waals surface area (Å²) in [5, 5.41) is 12.7. The molecule has 0 aromatic carbocycles. The number of carbonyl (C=O) groups is 1. The van der Waals surface area contributed by atoms with Gasteiger partial charge in [-0.2, -0.15) is 0 Å². The van der Waals surface area contributed by atoms with Crippen molar-refractivity contribution < 1.29 is 14.6 Å². The summed E-state index contributed by atoms with van der Waals surface area (Å²) in [4.78, 5) is 13.5. The monoisotopic (exact) mass is 272 g/mol. The van der Waals surface area contributed by atoms with E-state index < -0.39 is 0 Å². The molecule has 0 saturated carbocycles. The smallest absolute Gasteiger partial charge is 0.319 e. The molecule has 2 N–H and O–H groups in total. The van der Waals surface area contributed by atoms with E-state index in [1.54, 1.807) is 0 Å². The highest BCUT2D eigenvalue weighted by atomic mass is 16.5. The maximum absolute atomic E-state index is 11.4. The maximum Gasteiger partial charge on any atom is 0.319 e. The highest BCUT2D eigenvalue weighted by molar-refractivity contribution is 5.71. The highest BCUT2D eigenvalue weighted by Crippen LogP contribution is 2.20. The molecule has 0 bridgehead atoms. The third kappa shape index (κ3) is 6.36. The first-order valence-electron chi connectivity index (χ1n) is 7.18. The second kappa shape index (κ2) is 8.51. The molecule has 1 saturated heterocycles. The van der Waals surface area contributed by atoms with Crippen molar-refractivity contribution in [3.8, 4) is 0 Å². The summed E-state index contributed by atoms with van der Waals surface area (Å²) in [6.45, 7) is 7.67. The van der Waals surface area contributed by atoms with Gasteiger partial charge in [-0.3, -0.25) is 9.69 Å². The van der Waals surface area contributed by atoms with Crippen molar-refractivity contribution in [3.05, 3.63) is 0 Å². The van der Waals surface area contributed by atoms with Gasteiger partial charge < -0.3 is 15.2 Å². The van der Waals surface area contributed by atoms with Gasteiger partial charge in [0, 0.05) is 25.7 Å². The van der Waals surface area contributed by atoms with E-state index >= 15 is 0 Å². The molecular weight excluding hydrogens is 244 g/mol. The summed E-state index contributed by atoms with van der Waals surface area (Å²) in [6.07, 6.45) is 1.88. The van der Waals surface area contributed by atoms with Gasteiger partial charge in [-0.25, -0.2) is 0 Å². The minimum absolute atomic E-state index is 0.188. The fourth-order valence-electron chi connectivity index (χ4n) is 2.62. The molecule has 5 nitrogen and oxygen atoms in total. The van der Waals surface area contributed by atoms with Crippen LogP contribution in [0.1, 0.15) is 26.7 Å². The maximum atomic E-state index is 11.4. The Hall–Kier alpha value is -0.650. The van der Waals surface area contributed by atoms with Crippen molar-refractivity contribution in [2.24, 2.45) is 11.8 Å². The molecule has 0 radical (unpaired) electrons. The zero-order chi connectivity index (χ0) is 14.3. The Morgan fingerprint density at radius 2 is 2.21 bits per heavy atom. The van der Waals surface area contributed by atoms with Crippen molar-refractivity contribution in [2.75, 3.05) is 39.9 Å². The molecular formula is C14H28N2O3. The van der Waals surface area contributed by atoms with E-state index in [-0.39, 0.29) is 12.6 Å². The molecule has 0 amide bonds. The number of nitrogens with zero attached hydrogens (tertiary/aromatic N) is 1. The molecule has 2 atom stereocenters. The van der Waals surface area contributed by atoms with Crippen molar-refractivity contribution in [3.63, 3.8) is 0 Å². The number of nitrogens with one attached hydrogen (secondary N) is 1. The second-order valence-corrected chi connectivity index (χ2v) is 5.88. The molecule has 1 aliphatic rings. The first-order chi connectivity index (χ1) is 9.05. The largest absolute Gasteiger partial charge is 0.468 e. The number of aliphatic hydroxyl groups excluding tert-OH is 1. The molecule has 0 aliphatic carbocycles. The van der Waals surface area contributed by atoms with Crippen LogP contribution in [0, 0.1) is 11.8 Å². The number of hydrogen-bond donors (Lipinski definition) is 2. The van der Waals surface area contributed by atoms with E-state index in [1.807, 2.05) is 0 Å². The van der Waals surface area contributed by atoms with E-state index in [1.165, 1.54) is 7.11 Å². The summed E-state index contributed by atoms with van der Waals surface area (Å²) in [7, 11) is 1.42. The van der Waals surface area contributed by atoms with Crippen molar-refractivity contribution in [1.82, 2.24) is 10.2 Å². The minimum Gasteiger partial charge on any atom is -0.468 e. The third-order valence-corrected chi connectivity index (χ3v) is 3.55. The van der Waals surface area contributed by atoms with Crippen molar-refractivity contribution in [1.29, 1.82) is 0 Å². The van der Waals surface area contributed by atoms with Crippen LogP contribution in [0.4, 0.5) is 0 Å². The van der Waals surface area contributed by atoms with Gasteiger partial charge in [0.25, 0.3) is 0 Å². The second-order valence-electron chi connectivity index (χ2n) is 5.88. The quantitative estimate of drug-likeness (QED) is 0.660. The number of likely N-dealkylation sites (tertiary alicyclic amines) is 1. The molecule has 1 rings (SSSR count). The van der Waals surface area contributed by atoms with Crippen molar-refractivity contribution in [2.45, 2.75) is 32.7 Å². The van der Waals surface area contributed by atoms with E-state index in [2.05, 4.69) is 24.1 Å². The Morgan fingerprint density at radius 1 is 1.47 bits per heavy atom. The summed E-state index contributed by atoms with van der Waals surface area (Å²) in [5.41, 5.74) is 0. The normalized spacial score (nSPS) is 24.7. The van der Waals surface area contributed by atoms with E-state index in [4.69, 9.17) is 9.84 Å². The van der Waals surface area contributed by atoms with E-state index in [9.17, 15) is 4.79 Å². The van der Waals surface area contributed by atoms with E-state index in [0.717, 1.165) is 32.5 Å². The standard InChI is InChI=1S/C14H28N2O3/c1-11(2)7-15-13-6-12(4-5-17)8-16(9-13)10-14(18)19-3/h11-13,15,17H,4-10H2,1-3H3. The lowest BCUT2D eigenvalue weighted by Gasteiger charge is -2.37. The molecule has 0 aromatic rings. The number of methoxy groups -OCH3 is 1. The van der Waals surface area contributed by atoms with E-state index in [0.29, 0.717) is 24.4 Å². The minimum atomic E-state index is -0.188. The zero-order valence-corrected chi connectivity index (χ0v) is 12.4. The van der Waals surface area contributed by atoms with Gasteiger partial charge >= 0.3 is 5.97 Å². The number of hydrogen-bond acceptors (Lipinski definition) is 5. The van der Waals surface area contributed by atoms with Crippen LogP contribution in [0.2, 0.25) is 0 Å². The predicted molar refractivity (Wildman–Crippen MR) is 74.9 cm³/mol. The number of aliphatic hydroxyl groups is 1. The van der Waals surface area contributed by atoms with Gasteiger partial charge in [0.05, 0.1) is 13.7 Å². The number of ether oxygens (including phenoxy) is 1. The van der Waals surface area contributed by atoms with Crippen LogP contribution in [0.3, 0.4) is 0 Å². The Balaban J connectivity index is 2.49. The van der Waals surface area contributed by atoms with Crippen LogP contribution >= 0.6 is 0 Å². The average Bonchev–Trinajstić information content (AvgIpc) is 2.36. The summed E-state index contributed by atoms with van der Waals surface area (Å²) < 4.78 is 4.73. The van der Waals surface area contributed by atoms with Gasteiger partial charge in [-0.1, -0.05) is 13.8 Å².